The van der Waals surface area contributed by atoms with Crippen LogP contribution in [0.25, 0.3) is 10.2 Å². The minimum Gasteiger partial charge on any atom is -0.364 e. The molecule has 2 aromatic heterocycles. The molecule has 0 fully saturated rings. The van der Waals surface area contributed by atoms with Gasteiger partial charge >= 0.3 is 0 Å². The molecule has 0 amide bonds. The van der Waals surface area contributed by atoms with E-state index < -0.39 is 0 Å². The van der Waals surface area contributed by atoms with Crippen LogP contribution in [-0.4, -0.2) is 25.4 Å². The summed E-state index contributed by atoms with van der Waals surface area (Å²) in [6.45, 7) is 0. The molecular formula is C9H10N2OS. The number of nitrogens with one attached hydrogen (secondary N) is 1. The summed E-state index contributed by atoms with van der Waals surface area (Å²) in [7, 11) is 3.96. The van der Waals surface area contributed by atoms with Crippen molar-refractivity contribution >= 4 is 33.7 Å². The highest BCUT2D eigenvalue weighted by molar-refractivity contribution is 7.20. The zero-order valence-corrected chi connectivity index (χ0v) is 8.31. The van der Waals surface area contributed by atoms with Crippen molar-refractivity contribution in [2.24, 2.45) is 0 Å². The first-order chi connectivity index (χ1) is 6.20. The summed E-state index contributed by atoms with van der Waals surface area (Å²) < 4.78 is 1.13. The Morgan fingerprint density at radius 1 is 1.46 bits per heavy atom. The molecule has 2 aromatic rings. The summed E-state index contributed by atoms with van der Waals surface area (Å²) in [5.74, 6) is 1.07. The summed E-state index contributed by atoms with van der Waals surface area (Å²) in [5, 5.41) is 0. The van der Waals surface area contributed by atoms with E-state index in [-0.39, 0.29) is 0 Å². The number of nitrogens with zero attached hydrogens (tertiary/aromatic N) is 1. The topological polar surface area (TPSA) is 36.1 Å². The van der Waals surface area contributed by atoms with Gasteiger partial charge in [0, 0.05) is 14.1 Å². The molecule has 1 N–H and O–H groups in total. The molecule has 0 aliphatic carbocycles. The fourth-order valence-corrected chi connectivity index (χ4v) is 2.10. The SMILES string of the molecule is CN(C)c1cc2sc(C=O)cc2[nH]1. The van der Waals surface area contributed by atoms with Crippen LogP contribution in [0.3, 0.4) is 0 Å². The number of hydrogen-bond donors (Lipinski definition) is 1. The Hall–Kier alpha value is -1.29. The van der Waals surface area contributed by atoms with Crippen molar-refractivity contribution < 1.29 is 4.79 Å². The monoisotopic (exact) mass is 194 g/mol. The molecule has 0 saturated heterocycles. The maximum Gasteiger partial charge on any atom is 0.160 e. The molecule has 3 nitrogen and oxygen atoms in total. The predicted molar refractivity (Wildman–Crippen MR) is 55.9 cm³/mol. The number of anilines is 1. The van der Waals surface area contributed by atoms with Crippen LogP contribution < -0.4 is 4.90 Å². The Kier molecular flexibility index (Phi) is 1.84. The van der Waals surface area contributed by atoms with Gasteiger partial charge in [-0.05, 0) is 12.1 Å². The fourth-order valence-electron chi connectivity index (χ4n) is 1.23. The van der Waals surface area contributed by atoms with E-state index in [0.717, 1.165) is 27.2 Å². The van der Waals surface area contributed by atoms with E-state index in [1.54, 1.807) is 0 Å². The van der Waals surface area contributed by atoms with Crippen LogP contribution in [-0.2, 0) is 0 Å². The zero-order valence-electron chi connectivity index (χ0n) is 7.50. The number of hydrogen-bond acceptors (Lipinski definition) is 3. The minimum absolute atomic E-state index is 0.770. The summed E-state index contributed by atoms with van der Waals surface area (Å²) in [4.78, 5) is 16.5. The average Bonchev–Trinajstić information content (AvgIpc) is 2.58. The molecule has 13 heavy (non-hydrogen) atoms. The van der Waals surface area contributed by atoms with Gasteiger partial charge < -0.3 is 9.88 Å². The lowest BCUT2D eigenvalue weighted by Crippen LogP contribution is -2.08. The number of fused-ring (bicyclic) bond motifs is 1. The molecule has 0 aromatic carbocycles. The number of aromatic nitrogens is 1. The third-order valence-electron chi connectivity index (χ3n) is 1.91. The van der Waals surface area contributed by atoms with Gasteiger partial charge in [0.15, 0.2) is 6.29 Å². The molecule has 0 saturated carbocycles. The first kappa shape index (κ1) is 8.31. The Morgan fingerprint density at radius 2 is 2.23 bits per heavy atom. The van der Waals surface area contributed by atoms with Gasteiger partial charge in [0.25, 0.3) is 0 Å². The molecular weight excluding hydrogens is 184 g/mol. The van der Waals surface area contributed by atoms with E-state index in [4.69, 9.17) is 0 Å². The van der Waals surface area contributed by atoms with Crippen molar-refractivity contribution in [2.75, 3.05) is 19.0 Å². The van der Waals surface area contributed by atoms with Crippen LogP contribution in [0.4, 0.5) is 5.82 Å². The van der Waals surface area contributed by atoms with Crippen molar-refractivity contribution in [3.8, 4) is 0 Å². The number of aromatic amines is 1. The Balaban J connectivity index is 2.54. The predicted octanol–water partition coefficient (Wildman–Crippen LogP) is 2.11. The first-order valence-corrected chi connectivity index (χ1v) is 4.77. The fraction of sp³-hybridized carbons (Fsp3) is 0.222. The van der Waals surface area contributed by atoms with Gasteiger partial charge in [-0.3, -0.25) is 4.79 Å². The normalized spacial score (nSPS) is 10.6. The minimum atomic E-state index is 0.770. The van der Waals surface area contributed by atoms with Gasteiger partial charge in [0.1, 0.15) is 5.82 Å². The molecule has 2 heterocycles. The van der Waals surface area contributed by atoms with Crippen LogP contribution in [0.15, 0.2) is 12.1 Å². The lowest BCUT2D eigenvalue weighted by atomic mass is 10.4. The molecule has 4 heteroatoms. The molecule has 0 atom stereocenters. The van der Waals surface area contributed by atoms with Crippen molar-refractivity contribution in [3.05, 3.63) is 17.0 Å². The molecule has 0 aliphatic rings. The number of thiophene rings is 1. The van der Waals surface area contributed by atoms with E-state index in [1.807, 2.05) is 31.1 Å². The lowest BCUT2D eigenvalue weighted by molar-refractivity contribution is 0.112. The van der Waals surface area contributed by atoms with E-state index >= 15 is 0 Å². The van der Waals surface area contributed by atoms with E-state index in [0.29, 0.717) is 0 Å². The number of aldehydes is 1. The van der Waals surface area contributed by atoms with Gasteiger partial charge in [0.05, 0.1) is 15.1 Å². The number of carbonyl (C=O) groups excluding carboxylic acids is 1. The Labute approximate surface area is 80.0 Å². The molecule has 0 unspecified atom stereocenters. The molecule has 0 radical (unpaired) electrons. The van der Waals surface area contributed by atoms with Crippen LogP contribution in [0.5, 0.6) is 0 Å². The van der Waals surface area contributed by atoms with E-state index in [9.17, 15) is 4.79 Å². The highest BCUT2D eigenvalue weighted by Crippen LogP contribution is 2.27. The number of H-pyrrole nitrogens is 1. The number of carbonyl (C=O) groups is 1. The van der Waals surface area contributed by atoms with Crippen LogP contribution in [0.1, 0.15) is 9.67 Å². The zero-order chi connectivity index (χ0) is 9.42. The maximum atomic E-state index is 10.5. The van der Waals surface area contributed by atoms with Crippen LogP contribution in [0, 0.1) is 0 Å². The van der Waals surface area contributed by atoms with Crippen molar-refractivity contribution in [2.45, 2.75) is 0 Å². The van der Waals surface area contributed by atoms with Crippen LogP contribution >= 0.6 is 11.3 Å². The van der Waals surface area contributed by atoms with Gasteiger partial charge in [-0.15, -0.1) is 11.3 Å². The summed E-state index contributed by atoms with van der Waals surface area (Å²) in [6.07, 6.45) is 0.883. The molecule has 0 aliphatic heterocycles. The quantitative estimate of drug-likeness (QED) is 0.743. The number of rotatable bonds is 2. The van der Waals surface area contributed by atoms with Gasteiger partial charge in [-0.1, -0.05) is 0 Å². The molecule has 68 valence electrons. The average molecular weight is 194 g/mol. The van der Waals surface area contributed by atoms with Crippen molar-refractivity contribution in [1.29, 1.82) is 0 Å². The standard InChI is InChI=1S/C9H10N2OS/c1-11(2)9-4-8-7(10-9)3-6(5-12)13-8/h3-5,10H,1-2H3. The third kappa shape index (κ3) is 1.33. The highest BCUT2D eigenvalue weighted by Gasteiger charge is 2.05. The molecule has 2 rings (SSSR count). The lowest BCUT2D eigenvalue weighted by Gasteiger charge is -2.07. The van der Waals surface area contributed by atoms with Gasteiger partial charge in [-0.25, -0.2) is 0 Å². The van der Waals surface area contributed by atoms with E-state index in [1.165, 1.54) is 11.3 Å². The summed E-state index contributed by atoms with van der Waals surface area (Å²) >= 11 is 1.51. The maximum absolute atomic E-state index is 10.5. The molecule has 0 bridgehead atoms. The van der Waals surface area contributed by atoms with Crippen molar-refractivity contribution in [3.63, 3.8) is 0 Å². The third-order valence-corrected chi connectivity index (χ3v) is 2.92. The van der Waals surface area contributed by atoms with E-state index in [2.05, 4.69) is 4.98 Å². The second-order valence-corrected chi connectivity index (χ2v) is 4.21. The first-order valence-electron chi connectivity index (χ1n) is 3.96. The Morgan fingerprint density at radius 3 is 2.77 bits per heavy atom. The molecule has 0 spiro atoms. The smallest absolute Gasteiger partial charge is 0.160 e. The second kappa shape index (κ2) is 2.88. The summed E-state index contributed by atoms with van der Waals surface area (Å²) in [5.41, 5.74) is 1.04. The highest BCUT2D eigenvalue weighted by atomic mass is 32.1. The summed E-state index contributed by atoms with van der Waals surface area (Å²) in [6, 6.07) is 3.92. The van der Waals surface area contributed by atoms with Gasteiger partial charge in [-0.2, -0.15) is 0 Å². The largest absolute Gasteiger partial charge is 0.364 e. The second-order valence-electron chi connectivity index (χ2n) is 3.09. The van der Waals surface area contributed by atoms with Crippen molar-refractivity contribution in [1.82, 2.24) is 4.98 Å². The van der Waals surface area contributed by atoms with Gasteiger partial charge in [0.2, 0.25) is 0 Å². The Bertz CT molecular complexity index is 410. The van der Waals surface area contributed by atoms with Crippen LogP contribution in [0.2, 0.25) is 0 Å².